The van der Waals surface area contributed by atoms with Gasteiger partial charge in [0.05, 0.1) is 0 Å². The van der Waals surface area contributed by atoms with E-state index in [4.69, 9.17) is 0 Å². The summed E-state index contributed by atoms with van der Waals surface area (Å²) in [6.07, 6.45) is 1.55. The van der Waals surface area contributed by atoms with E-state index in [9.17, 15) is 0 Å². The van der Waals surface area contributed by atoms with Crippen LogP contribution in [0.3, 0.4) is 0 Å². The van der Waals surface area contributed by atoms with Crippen LogP contribution < -0.4 is 10.6 Å². The Labute approximate surface area is 123 Å². The van der Waals surface area contributed by atoms with E-state index >= 15 is 0 Å². The van der Waals surface area contributed by atoms with Gasteiger partial charge >= 0.3 is 0 Å². The minimum Gasteiger partial charge on any atom is -0.366 e. The highest BCUT2D eigenvalue weighted by molar-refractivity contribution is 5.58. The first-order valence-electron chi connectivity index (χ1n) is 6.82. The number of anilines is 3. The van der Waals surface area contributed by atoms with Gasteiger partial charge in [0.1, 0.15) is 18.0 Å². The Morgan fingerprint density at radius 3 is 2.19 bits per heavy atom. The van der Waals surface area contributed by atoms with E-state index in [1.807, 2.05) is 54.6 Å². The van der Waals surface area contributed by atoms with E-state index in [1.165, 1.54) is 5.56 Å². The molecule has 4 heteroatoms. The van der Waals surface area contributed by atoms with E-state index in [0.29, 0.717) is 0 Å². The predicted octanol–water partition coefficient (Wildman–Crippen LogP) is 3.83. The molecule has 0 spiro atoms. The molecule has 2 aromatic carbocycles. The molecule has 3 rings (SSSR count). The molecule has 0 aliphatic rings. The third-order valence-corrected chi connectivity index (χ3v) is 3.03. The molecule has 0 bridgehead atoms. The molecule has 1 heterocycles. The maximum atomic E-state index is 4.23. The van der Waals surface area contributed by atoms with Gasteiger partial charge in [0.25, 0.3) is 0 Å². The third kappa shape index (κ3) is 3.79. The zero-order chi connectivity index (χ0) is 14.3. The lowest BCUT2D eigenvalue weighted by Crippen LogP contribution is -2.02. The summed E-state index contributed by atoms with van der Waals surface area (Å²) in [4.78, 5) is 8.46. The van der Waals surface area contributed by atoms with Gasteiger partial charge in [-0.15, -0.1) is 0 Å². The molecule has 0 saturated carbocycles. The highest BCUT2D eigenvalue weighted by atomic mass is 15.1. The summed E-state index contributed by atoms with van der Waals surface area (Å²) in [5, 5.41) is 6.55. The van der Waals surface area contributed by atoms with Crippen molar-refractivity contribution in [1.82, 2.24) is 9.97 Å². The van der Waals surface area contributed by atoms with Crippen LogP contribution in [-0.2, 0) is 6.54 Å². The molecular weight excluding hydrogens is 260 g/mol. The molecule has 4 nitrogen and oxygen atoms in total. The van der Waals surface area contributed by atoms with Crippen molar-refractivity contribution in [3.63, 3.8) is 0 Å². The van der Waals surface area contributed by atoms with Gasteiger partial charge in [0.15, 0.2) is 0 Å². The smallest absolute Gasteiger partial charge is 0.135 e. The van der Waals surface area contributed by atoms with Crippen molar-refractivity contribution >= 4 is 17.3 Å². The molecule has 0 atom stereocenters. The van der Waals surface area contributed by atoms with Gasteiger partial charge in [-0.1, -0.05) is 48.5 Å². The van der Waals surface area contributed by atoms with Crippen molar-refractivity contribution in [2.24, 2.45) is 0 Å². The predicted molar refractivity (Wildman–Crippen MR) is 85.5 cm³/mol. The Hall–Kier alpha value is -2.88. The summed E-state index contributed by atoms with van der Waals surface area (Å²) in [7, 11) is 0. The van der Waals surface area contributed by atoms with E-state index < -0.39 is 0 Å². The SMILES string of the molecule is c1ccc(CNc2cc(Nc3ccccc3)ncn2)cc1. The number of aromatic nitrogens is 2. The van der Waals surface area contributed by atoms with Gasteiger partial charge < -0.3 is 10.6 Å². The highest BCUT2D eigenvalue weighted by Gasteiger charge is 1.99. The zero-order valence-corrected chi connectivity index (χ0v) is 11.5. The van der Waals surface area contributed by atoms with E-state index in [-0.39, 0.29) is 0 Å². The second-order valence-corrected chi connectivity index (χ2v) is 4.62. The maximum absolute atomic E-state index is 4.23. The van der Waals surface area contributed by atoms with Gasteiger partial charge in [-0.3, -0.25) is 0 Å². The average Bonchev–Trinajstić information content (AvgIpc) is 2.55. The third-order valence-electron chi connectivity index (χ3n) is 3.03. The molecule has 3 aromatic rings. The minimum atomic E-state index is 0.739. The molecule has 1 aromatic heterocycles. The van der Waals surface area contributed by atoms with E-state index in [0.717, 1.165) is 23.9 Å². The maximum Gasteiger partial charge on any atom is 0.135 e. The number of rotatable bonds is 5. The summed E-state index contributed by atoms with van der Waals surface area (Å²) in [5.74, 6) is 1.57. The average molecular weight is 276 g/mol. The standard InChI is InChI=1S/C17H16N4/c1-3-7-14(8-4-1)12-18-16-11-17(20-13-19-16)21-15-9-5-2-6-10-15/h1-11,13H,12H2,(H2,18,19,20,21). The second kappa shape index (κ2) is 6.52. The first kappa shape index (κ1) is 13.1. The Bertz CT molecular complexity index is 683. The Balaban J connectivity index is 1.66. The van der Waals surface area contributed by atoms with Crippen LogP contribution in [0.2, 0.25) is 0 Å². The van der Waals surface area contributed by atoms with Crippen molar-refractivity contribution in [3.8, 4) is 0 Å². The number of nitrogens with one attached hydrogen (secondary N) is 2. The largest absolute Gasteiger partial charge is 0.366 e. The molecule has 0 aliphatic carbocycles. The number of para-hydroxylation sites is 1. The summed E-state index contributed by atoms with van der Waals surface area (Å²) in [6.45, 7) is 0.739. The highest BCUT2D eigenvalue weighted by Crippen LogP contribution is 2.16. The molecule has 0 amide bonds. The van der Waals surface area contributed by atoms with Crippen LogP contribution in [-0.4, -0.2) is 9.97 Å². The van der Waals surface area contributed by atoms with Crippen LogP contribution in [0, 0.1) is 0 Å². The van der Waals surface area contributed by atoms with Gasteiger partial charge in [-0.25, -0.2) is 9.97 Å². The van der Waals surface area contributed by atoms with Crippen LogP contribution in [0.1, 0.15) is 5.56 Å². The molecule has 0 aliphatic heterocycles. The summed E-state index contributed by atoms with van der Waals surface area (Å²) in [6, 6.07) is 22.1. The van der Waals surface area contributed by atoms with Crippen LogP contribution >= 0.6 is 0 Å². The molecule has 0 saturated heterocycles. The van der Waals surface area contributed by atoms with Crippen molar-refractivity contribution in [2.45, 2.75) is 6.54 Å². The number of hydrogen-bond donors (Lipinski definition) is 2. The molecular formula is C17H16N4. The normalized spacial score (nSPS) is 10.1. The van der Waals surface area contributed by atoms with Crippen LogP contribution in [0.15, 0.2) is 73.1 Å². The molecule has 0 fully saturated rings. The first-order valence-corrected chi connectivity index (χ1v) is 6.82. The lowest BCUT2D eigenvalue weighted by atomic mass is 10.2. The fourth-order valence-electron chi connectivity index (χ4n) is 1.98. The lowest BCUT2D eigenvalue weighted by molar-refractivity contribution is 1.08. The lowest BCUT2D eigenvalue weighted by Gasteiger charge is -2.08. The monoisotopic (exact) mass is 276 g/mol. The summed E-state index contributed by atoms with van der Waals surface area (Å²) >= 11 is 0. The Morgan fingerprint density at radius 2 is 1.43 bits per heavy atom. The summed E-state index contributed by atoms with van der Waals surface area (Å²) < 4.78 is 0. The first-order chi connectivity index (χ1) is 10.4. The van der Waals surface area contributed by atoms with Crippen molar-refractivity contribution < 1.29 is 0 Å². The van der Waals surface area contributed by atoms with Crippen molar-refractivity contribution in [3.05, 3.63) is 78.6 Å². The van der Waals surface area contributed by atoms with E-state index in [2.05, 4.69) is 32.7 Å². The number of hydrogen-bond acceptors (Lipinski definition) is 4. The van der Waals surface area contributed by atoms with Crippen molar-refractivity contribution in [1.29, 1.82) is 0 Å². The zero-order valence-electron chi connectivity index (χ0n) is 11.5. The Kier molecular flexibility index (Phi) is 4.07. The van der Waals surface area contributed by atoms with Crippen LogP contribution in [0.5, 0.6) is 0 Å². The topological polar surface area (TPSA) is 49.8 Å². The number of benzene rings is 2. The van der Waals surface area contributed by atoms with E-state index in [1.54, 1.807) is 6.33 Å². The minimum absolute atomic E-state index is 0.739. The number of nitrogens with zero attached hydrogens (tertiary/aromatic N) is 2. The van der Waals surface area contributed by atoms with Gasteiger partial charge in [0, 0.05) is 18.3 Å². The fraction of sp³-hybridized carbons (Fsp3) is 0.0588. The molecule has 0 unspecified atom stereocenters. The van der Waals surface area contributed by atoms with Crippen LogP contribution in [0.25, 0.3) is 0 Å². The molecule has 2 N–H and O–H groups in total. The van der Waals surface area contributed by atoms with Gasteiger partial charge in [-0.05, 0) is 17.7 Å². The van der Waals surface area contributed by atoms with Gasteiger partial charge in [0.2, 0.25) is 0 Å². The second-order valence-electron chi connectivity index (χ2n) is 4.62. The van der Waals surface area contributed by atoms with Gasteiger partial charge in [-0.2, -0.15) is 0 Å². The molecule has 0 radical (unpaired) electrons. The Morgan fingerprint density at radius 1 is 0.762 bits per heavy atom. The quantitative estimate of drug-likeness (QED) is 0.743. The fourth-order valence-corrected chi connectivity index (χ4v) is 1.98. The van der Waals surface area contributed by atoms with Crippen molar-refractivity contribution in [2.75, 3.05) is 10.6 Å². The van der Waals surface area contributed by atoms with Crippen LogP contribution in [0.4, 0.5) is 17.3 Å². The summed E-state index contributed by atoms with van der Waals surface area (Å²) in [5.41, 5.74) is 2.22. The molecule has 21 heavy (non-hydrogen) atoms. The molecule has 104 valence electrons.